The van der Waals surface area contributed by atoms with E-state index in [0.717, 1.165) is 31.1 Å². The Morgan fingerprint density at radius 3 is 2.88 bits per heavy atom. The van der Waals surface area contributed by atoms with Crippen LogP contribution in [0.15, 0.2) is 18.2 Å². The normalized spacial score (nSPS) is 15.9. The lowest BCUT2D eigenvalue weighted by molar-refractivity contribution is 0.741. The van der Waals surface area contributed by atoms with E-state index < -0.39 is 0 Å². The number of rotatable bonds is 2. The zero-order valence-corrected chi connectivity index (χ0v) is 10.4. The molecule has 0 spiro atoms. The Kier molecular flexibility index (Phi) is 3.56. The minimum atomic E-state index is 0.686. The summed E-state index contributed by atoms with van der Waals surface area (Å²) in [6.07, 6.45) is 1.16. The Bertz CT molecular complexity index is 367. The van der Waals surface area contributed by atoms with Crippen molar-refractivity contribution < 1.29 is 0 Å². The van der Waals surface area contributed by atoms with Crippen molar-refractivity contribution in [2.45, 2.75) is 6.42 Å². The fourth-order valence-electron chi connectivity index (χ4n) is 2.20. The van der Waals surface area contributed by atoms with E-state index in [9.17, 15) is 0 Å². The van der Waals surface area contributed by atoms with E-state index in [-0.39, 0.29) is 0 Å². The predicted octanol–water partition coefficient (Wildman–Crippen LogP) is 1.95. The minimum absolute atomic E-state index is 0.686. The first-order valence-corrected chi connectivity index (χ1v) is 6.06. The van der Waals surface area contributed by atoms with Gasteiger partial charge in [0.05, 0.1) is 11.4 Å². The molecule has 1 aromatic carbocycles. The summed E-state index contributed by atoms with van der Waals surface area (Å²) < 4.78 is 0. The smallest absolute Gasteiger partial charge is 0.0616 e. The molecule has 0 bridgehead atoms. The lowest BCUT2D eigenvalue weighted by atomic mass is 10.2. The van der Waals surface area contributed by atoms with Gasteiger partial charge >= 0.3 is 0 Å². The van der Waals surface area contributed by atoms with Crippen LogP contribution in [0.3, 0.4) is 0 Å². The third-order valence-electron chi connectivity index (χ3n) is 3.01. The van der Waals surface area contributed by atoms with Gasteiger partial charge in [-0.15, -0.1) is 0 Å². The first-order valence-electron chi connectivity index (χ1n) is 5.68. The van der Waals surface area contributed by atoms with E-state index in [0.29, 0.717) is 6.54 Å². The standard InChI is InChI=1S/C12H18ClN3/c1-15-6-2-7-16(8-5-14)11-4-3-10(13)9-12(11)15/h3-4,9H,2,5-8,14H2,1H3. The molecule has 4 heteroatoms. The Morgan fingerprint density at radius 2 is 2.12 bits per heavy atom. The molecule has 0 amide bonds. The SMILES string of the molecule is CN1CCCN(CCN)c2ccc(Cl)cc21. The highest BCUT2D eigenvalue weighted by atomic mass is 35.5. The van der Waals surface area contributed by atoms with Crippen molar-refractivity contribution in [3.05, 3.63) is 23.2 Å². The third-order valence-corrected chi connectivity index (χ3v) is 3.25. The number of hydrogen-bond donors (Lipinski definition) is 1. The molecule has 1 aliphatic heterocycles. The van der Waals surface area contributed by atoms with E-state index in [2.05, 4.69) is 22.9 Å². The van der Waals surface area contributed by atoms with Gasteiger partial charge in [-0.05, 0) is 24.6 Å². The highest BCUT2D eigenvalue weighted by Crippen LogP contribution is 2.33. The predicted molar refractivity (Wildman–Crippen MR) is 70.6 cm³/mol. The summed E-state index contributed by atoms with van der Waals surface area (Å²) in [4.78, 5) is 4.60. The van der Waals surface area contributed by atoms with Crippen molar-refractivity contribution in [1.82, 2.24) is 0 Å². The molecule has 0 aromatic heterocycles. The van der Waals surface area contributed by atoms with Crippen LogP contribution in [0.4, 0.5) is 11.4 Å². The largest absolute Gasteiger partial charge is 0.373 e. The molecule has 16 heavy (non-hydrogen) atoms. The van der Waals surface area contributed by atoms with Crippen molar-refractivity contribution in [3.63, 3.8) is 0 Å². The molecule has 2 N–H and O–H groups in total. The average Bonchev–Trinajstić information content (AvgIpc) is 2.41. The van der Waals surface area contributed by atoms with Crippen LogP contribution in [-0.4, -0.2) is 33.2 Å². The second-order valence-electron chi connectivity index (χ2n) is 4.18. The van der Waals surface area contributed by atoms with Crippen LogP contribution in [0.25, 0.3) is 0 Å². The van der Waals surface area contributed by atoms with Gasteiger partial charge in [-0.25, -0.2) is 0 Å². The van der Waals surface area contributed by atoms with Crippen LogP contribution in [-0.2, 0) is 0 Å². The second kappa shape index (κ2) is 4.93. The zero-order valence-electron chi connectivity index (χ0n) is 9.62. The van der Waals surface area contributed by atoms with Gasteiger partial charge in [0.25, 0.3) is 0 Å². The van der Waals surface area contributed by atoms with Gasteiger partial charge in [0.15, 0.2) is 0 Å². The highest BCUT2D eigenvalue weighted by molar-refractivity contribution is 6.31. The van der Waals surface area contributed by atoms with Gasteiger partial charge in [0.1, 0.15) is 0 Å². The van der Waals surface area contributed by atoms with Gasteiger partial charge < -0.3 is 15.5 Å². The van der Waals surface area contributed by atoms with Gasteiger partial charge in [0, 0.05) is 38.2 Å². The Hall–Kier alpha value is -0.930. The summed E-state index contributed by atoms with van der Waals surface area (Å²) >= 11 is 6.05. The summed E-state index contributed by atoms with van der Waals surface area (Å²) in [5, 5.41) is 0.792. The lowest BCUT2D eigenvalue weighted by Crippen LogP contribution is -2.29. The summed E-state index contributed by atoms with van der Waals surface area (Å²) in [5.74, 6) is 0. The molecule has 1 heterocycles. The first-order chi connectivity index (χ1) is 7.72. The summed E-state index contributed by atoms with van der Waals surface area (Å²) in [6.45, 7) is 3.72. The maximum Gasteiger partial charge on any atom is 0.0616 e. The second-order valence-corrected chi connectivity index (χ2v) is 4.62. The topological polar surface area (TPSA) is 32.5 Å². The minimum Gasteiger partial charge on any atom is -0.373 e. The molecule has 88 valence electrons. The maximum atomic E-state index is 6.05. The van der Waals surface area contributed by atoms with Crippen molar-refractivity contribution in [2.24, 2.45) is 5.73 Å². The molecular formula is C12H18ClN3. The number of fused-ring (bicyclic) bond motifs is 1. The summed E-state index contributed by atoms with van der Waals surface area (Å²) in [6, 6.07) is 6.07. The van der Waals surface area contributed by atoms with E-state index in [1.54, 1.807) is 0 Å². The summed E-state index contributed by atoms with van der Waals surface area (Å²) in [7, 11) is 2.11. The average molecular weight is 240 g/mol. The molecule has 2 rings (SSSR count). The molecule has 0 saturated heterocycles. The molecule has 0 atom stereocenters. The number of nitrogens with two attached hydrogens (primary N) is 1. The van der Waals surface area contributed by atoms with Crippen LogP contribution >= 0.6 is 11.6 Å². The molecule has 0 aliphatic carbocycles. The van der Waals surface area contributed by atoms with E-state index in [1.165, 1.54) is 11.4 Å². The van der Waals surface area contributed by atoms with Gasteiger partial charge in [-0.2, -0.15) is 0 Å². The maximum absolute atomic E-state index is 6.05. The van der Waals surface area contributed by atoms with Crippen molar-refractivity contribution in [1.29, 1.82) is 0 Å². The summed E-state index contributed by atoms with van der Waals surface area (Å²) in [5.41, 5.74) is 8.10. The molecular weight excluding hydrogens is 222 g/mol. The zero-order chi connectivity index (χ0) is 11.5. The molecule has 3 nitrogen and oxygen atoms in total. The number of nitrogens with zero attached hydrogens (tertiary/aromatic N) is 2. The molecule has 0 saturated carbocycles. The fourth-order valence-corrected chi connectivity index (χ4v) is 2.36. The Labute approximate surface area is 102 Å². The molecule has 1 aliphatic rings. The Balaban J connectivity index is 2.39. The lowest BCUT2D eigenvalue weighted by Gasteiger charge is -2.25. The van der Waals surface area contributed by atoms with Crippen LogP contribution in [0, 0.1) is 0 Å². The number of hydrogen-bond acceptors (Lipinski definition) is 3. The molecule has 0 radical (unpaired) electrons. The van der Waals surface area contributed by atoms with Crippen LogP contribution in [0.2, 0.25) is 5.02 Å². The Morgan fingerprint density at radius 1 is 1.31 bits per heavy atom. The van der Waals surface area contributed by atoms with E-state index in [4.69, 9.17) is 17.3 Å². The van der Waals surface area contributed by atoms with E-state index in [1.807, 2.05) is 12.1 Å². The number of anilines is 2. The van der Waals surface area contributed by atoms with Gasteiger partial charge in [-0.1, -0.05) is 11.6 Å². The van der Waals surface area contributed by atoms with Crippen molar-refractivity contribution in [3.8, 4) is 0 Å². The van der Waals surface area contributed by atoms with Crippen LogP contribution in [0.1, 0.15) is 6.42 Å². The van der Waals surface area contributed by atoms with Crippen molar-refractivity contribution in [2.75, 3.05) is 43.0 Å². The quantitative estimate of drug-likeness (QED) is 0.856. The third kappa shape index (κ3) is 2.25. The van der Waals surface area contributed by atoms with Crippen LogP contribution in [0.5, 0.6) is 0 Å². The fraction of sp³-hybridized carbons (Fsp3) is 0.500. The van der Waals surface area contributed by atoms with Gasteiger partial charge in [-0.3, -0.25) is 0 Å². The molecule has 1 aromatic rings. The highest BCUT2D eigenvalue weighted by Gasteiger charge is 2.17. The first kappa shape index (κ1) is 11.6. The van der Waals surface area contributed by atoms with Gasteiger partial charge in [0.2, 0.25) is 0 Å². The van der Waals surface area contributed by atoms with Crippen molar-refractivity contribution >= 4 is 23.0 Å². The molecule has 0 fully saturated rings. The monoisotopic (exact) mass is 239 g/mol. The number of halogens is 1. The number of benzene rings is 1. The molecule has 0 unspecified atom stereocenters. The van der Waals surface area contributed by atoms with E-state index >= 15 is 0 Å². The van der Waals surface area contributed by atoms with Crippen LogP contribution < -0.4 is 15.5 Å².